The number of benzene rings is 2. The molecule has 0 atom stereocenters. The summed E-state index contributed by atoms with van der Waals surface area (Å²) >= 11 is 0. The highest BCUT2D eigenvalue weighted by Crippen LogP contribution is 2.29. The van der Waals surface area contributed by atoms with Gasteiger partial charge in [0, 0.05) is 28.7 Å². The average molecular weight is 390 g/mol. The molecule has 0 aliphatic rings. The van der Waals surface area contributed by atoms with Crippen molar-refractivity contribution >= 4 is 34.1 Å². The molecule has 0 spiro atoms. The number of nitrogens with one attached hydrogen (secondary N) is 3. The number of H-pyrrole nitrogens is 1. The molecule has 0 saturated carbocycles. The molecule has 0 saturated heterocycles. The molecule has 5 N–H and O–H groups in total. The molecule has 2 heterocycles. The number of carbonyl (C=O) groups excluding carboxylic acids is 1. The average Bonchev–Trinajstić information content (AvgIpc) is 3.10. The number of amides is 2. The maximum Gasteiger partial charge on any atom is 0.323 e. The summed E-state index contributed by atoms with van der Waals surface area (Å²) < 4.78 is 13.1. The van der Waals surface area contributed by atoms with Gasteiger partial charge in [0.05, 0.1) is 16.6 Å². The zero-order valence-corrected chi connectivity index (χ0v) is 15.7. The van der Waals surface area contributed by atoms with Crippen LogP contribution in [-0.4, -0.2) is 21.2 Å². The second-order valence-electron chi connectivity index (χ2n) is 6.64. The molecule has 8 heteroatoms. The van der Waals surface area contributed by atoms with E-state index >= 15 is 0 Å². The summed E-state index contributed by atoms with van der Waals surface area (Å²) in [4.78, 5) is 16.7. The number of aromatic nitrogens is 3. The zero-order chi connectivity index (χ0) is 20.4. The van der Waals surface area contributed by atoms with Gasteiger partial charge in [0.25, 0.3) is 0 Å². The van der Waals surface area contributed by atoms with E-state index in [1.807, 2.05) is 19.1 Å². The summed E-state index contributed by atoms with van der Waals surface area (Å²) in [6, 6.07) is 13.8. The molecule has 0 unspecified atom stereocenters. The molecule has 0 fully saturated rings. The lowest BCUT2D eigenvalue weighted by Gasteiger charge is -2.12. The molecule has 29 heavy (non-hydrogen) atoms. The summed E-state index contributed by atoms with van der Waals surface area (Å²) in [5, 5.41) is 13.1. The van der Waals surface area contributed by atoms with Gasteiger partial charge >= 0.3 is 6.03 Å². The van der Waals surface area contributed by atoms with Gasteiger partial charge in [-0.2, -0.15) is 5.10 Å². The van der Waals surface area contributed by atoms with Crippen LogP contribution in [0.25, 0.3) is 22.2 Å². The van der Waals surface area contributed by atoms with E-state index in [4.69, 9.17) is 5.73 Å². The third-order valence-corrected chi connectivity index (χ3v) is 4.58. The number of nitrogens with two attached hydrogens (primary N) is 1. The van der Waals surface area contributed by atoms with E-state index in [2.05, 4.69) is 25.8 Å². The Balaban J connectivity index is 1.52. The summed E-state index contributed by atoms with van der Waals surface area (Å²) in [5.41, 5.74) is 10.7. The van der Waals surface area contributed by atoms with Crippen molar-refractivity contribution in [1.29, 1.82) is 0 Å². The van der Waals surface area contributed by atoms with Crippen molar-refractivity contribution in [3.63, 3.8) is 0 Å². The number of carbonyl (C=O) groups is 1. The zero-order valence-electron chi connectivity index (χ0n) is 15.7. The van der Waals surface area contributed by atoms with Crippen LogP contribution in [0, 0.1) is 6.92 Å². The van der Waals surface area contributed by atoms with E-state index < -0.39 is 12.7 Å². The van der Waals surface area contributed by atoms with E-state index in [9.17, 15) is 9.18 Å². The largest absolute Gasteiger partial charge is 0.382 e. The van der Waals surface area contributed by atoms with Crippen LogP contribution in [0.3, 0.4) is 0 Å². The molecule has 2 aromatic heterocycles. The Labute approximate surface area is 166 Å². The first kappa shape index (κ1) is 18.4. The number of hydrogen-bond donors (Lipinski definition) is 4. The Kier molecular flexibility index (Phi) is 4.82. The van der Waals surface area contributed by atoms with Crippen LogP contribution in [0.2, 0.25) is 0 Å². The fourth-order valence-electron chi connectivity index (χ4n) is 3.13. The number of aryl methyl sites for hydroxylation is 1. The van der Waals surface area contributed by atoms with Crippen molar-refractivity contribution in [3.05, 3.63) is 65.9 Å². The number of nitrogens with zero attached hydrogens (tertiary/aromatic N) is 2. The van der Waals surface area contributed by atoms with Gasteiger partial charge < -0.3 is 16.4 Å². The van der Waals surface area contributed by atoms with Crippen LogP contribution in [0.15, 0.2) is 54.7 Å². The van der Waals surface area contributed by atoms with E-state index in [1.54, 1.807) is 42.6 Å². The number of anilines is 3. The first-order chi connectivity index (χ1) is 14.0. The fraction of sp³-hybridized carbons (Fsp3) is 0.0952. The smallest absolute Gasteiger partial charge is 0.323 e. The molecule has 2 amide bonds. The van der Waals surface area contributed by atoms with Crippen molar-refractivity contribution in [2.45, 2.75) is 13.6 Å². The normalized spacial score (nSPS) is 10.8. The lowest BCUT2D eigenvalue weighted by Crippen LogP contribution is -2.20. The molecule has 0 bridgehead atoms. The molecule has 2 aromatic carbocycles. The predicted molar refractivity (Wildman–Crippen MR) is 112 cm³/mol. The third kappa shape index (κ3) is 3.73. The van der Waals surface area contributed by atoms with Gasteiger partial charge in [0.1, 0.15) is 6.67 Å². The van der Waals surface area contributed by atoms with Crippen molar-refractivity contribution in [3.8, 4) is 11.3 Å². The molecule has 0 radical (unpaired) electrons. The minimum absolute atomic E-state index is 0.381. The maximum atomic E-state index is 13.1. The number of halogens is 1. The molecule has 7 nitrogen and oxygen atoms in total. The van der Waals surface area contributed by atoms with Gasteiger partial charge in [-0.3, -0.25) is 10.1 Å². The maximum absolute atomic E-state index is 13.1. The highest BCUT2D eigenvalue weighted by atomic mass is 19.1. The number of urea groups is 1. The van der Waals surface area contributed by atoms with Crippen molar-refractivity contribution < 1.29 is 9.18 Å². The van der Waals surface area contributed by atoms with Crippen LogP contribution in [0.4, 0.5) is 26.4 Å². The van der Waals surface area contributed by atoms with Gasteiger partial charge in [-0.15, -0.1) is 0 Å². The van der Waals surface area contributed by atoms with Gasteiger partial charge in [-0.05, 0) is 36.8 Å². The molecule has 0 aliphatic carbocycles. The molecule has 4 rings (SSSR count). The van der Waals surface area contributed by atoms with E-state index in [0.717, 1.165) is 22.0 Å². The minimum atomic E-state index is -0.653. The first-order valence-corrected chi connectivity index (χ1v) is 8.97. The number of pyridine rings is 1. The summed E-state index contributed by atoms with van der Waals surface area (Å²) in [7, 11) is 0. The Morgan fingerprint density at radius 1 is 1.14 bits per heavy atom. The molecular formula is C21H19FN6O. The van der Waals surface area contributed by atoms with Crippen LogP contribution >= 0.6 is 0 Å². The van der Waals surface area contributed by atoms with Crippen LogP contribution in [-0.2, 0) is 6.67 Å². The van der Waals surface area contributed by atoms with Crippen molar-refractivity contribution in [1.82, 2.24) is 15.2 Å². The highest BCUT2D eigenvalue weighted by molar-refractivity contribution is 6.01. The monoisotopic (exact) mass is 390 g/mol. The number of aromatic amines is 1. The number of hydrogen-bond acceptors (Lipinski definition) is 4. The molecular weight excluding hydrogens is 371 g/mol. The number of nitrogen functional groups attached to an aromatic ring is 1. The number of alkyl halides is 1. The Morgan fingerprint density at radius 2 is 1.93 bits per heavy atom. The molecule has 4 aromatic rings. The van der Waals surface area contributed by atoms with E-state index in [0.29, 0.717) is 28.5 Å². The van der Waals surface area contributed by atoms with E-state index in [-0.39, 0.29) is 0 Å². The van der Waals surface area contributed by atoms with Crippen LogP contribution in [0.1, 0.15) is 11.1 Å². The molecule has 0 aliphatic heterocycles. The number of rotatable bonds is 4. The second kappa shape index (κ2) is 7.59. The second-order valence-corrected chi connectivity index (χ2v) is 6.64. The fourth-order valence-corrected chi connectivity index (χ4v) is 3.13. The Morgan fingerprint density at radius 3 is 2.69 bits per heavy atom. The van der Waals surface area contributed by atoms with Crippen LogP contribution < -0.4 is 16.4 Å². The minimum Gasteiger partial charge on any atom is -0.382 e. The van der Waals surface area contributed by atoms with Crippen molar-refractivity contribution in [2.75, 3.05) is 16.4 Å². The van der Waals surface area contributed by atoms with E-state index in [1.165, 1.54) is 0 Å². The lowest BCUT2D eigenvalue weighted by atomic mass is 10.1. The topological polar surface area (TPSA) is 109 Å². The van der Waals surface area contributed by atoms with Gasteiger partial charge in [0.15, 0.2) is 5.82 Å². The Hall–Kier alpha value is -3.94. The Bertz CT molecular complexity index is 1190. The molecule has 146 valence electrons. The SMILES string of the molecule is Cc1ccc(CF)c(NC(=O)Nc2ccc(-c3nccc4[nH]nc(N)c34)cc2)c1. The third-order valence-electron chi connectivity index (χ3n) is 4.58. The predicted octanol–water partition coefficient (Wildman–Crippen LogP) is 4.63. The summed E-state index contributed by atoms with van der Waals surface area (Å²) in [6.45, 7) is 1.23. The first-order valence-electron chi connectivity index (χ1n) is 8.97. The lowest BCUT2D eigenvalue weighted by molar-refractivity contribution is 0.262. The van der Waals surface area contributed by atoms with Gasteiger partial charge in [-0.25, -0.2) is 9.18 Å². The summed E-state index contributed by atoms with van der Waals surface area (Å²) in [6.07, 6.45) is 1.68. The standard InChI is InChI=1S/C21H19FN6O/c1-12-2-3-14(11-22)17(10-12)26-21(29)25-15-6-4-13(5-7-15)19-18-16(8-9-24-19)27-28-20(18)23/h2-10H,11H2,1H3,(H3,23,27,28)(H2,25,26,29). The van der Waals surface area contributed by atoms with Gasteiger partial charge in [0.2, 0.25) is 0 Å². The number of fused-ring (bicyclic) bond motifs is 1. The quantitative estimate of drug-likeness (QED) is 0.407. The van der Waals surface area contributed by atoms with Crippen LogP contribution in [0.5, 0.6) is 0 Å². The highest BCUT2D eigenvalue weighted by Gasteiger charge is 2.12. The van der Waals surface area contributed by atoms with Crippen molar-refractivity contribution in [2.24, 2.45) is 0 Å². The summed E-state index contributed by atoms with van der Waals surface area (Å²) in [5.74, 6) is 0.381. The van der Waals surface area contributed by atoms with Gasteiger partial charge in [-0.1, -0.05) is 24.3 Å².